The van der Waals surface area contributed by atoms with Gasteiger partial charge in [-0.2, -0.15) is 0 Å². The standard InChI is InChI=1S/2C3H9O2P.Ca/c2*1-3-6(2,4)5;/h2*3H2,1-2H3,(H,4,5);. The van der Waals surface area contributed by atoms with Gasteiger partial charge in [-0.3, -0.25) is 9.13 Å². The van der Waals surface area contributed by atoms with E-state index in [0.717, 1.165) is 0 Å². The summed E-state index contributed by atoms with van der Waals surface area (Å²) in [6, 6.07) is 0. The Balaban J connectivity index is -0.000000143. The Labute approximate surface area is 110 Å². The second kappa shape index (κ2) is 8.91. The molecule has 0 aliphatic rings. The third kappa shape index (κ3) is 31.7. The molecule has 0 amide bonds. The average Bonchev–Trinajstić information content (AvgIpc) is 1.86. The first kappa shape index (κ1) is 20.1. The number of rotatable bonds is 2. The molecule has 0 fully saturated rings. The van der Waals surface area contributed by atoms with Crippen molar-refractivity contribution in [3.8, 4) is 0 Å². The molecular formula is C6H18CaO4P2. The normalized spacial score (nSPS) is 18.3. The quantitative estimate of drug-likeness (QED) is 0.579. The van der Waals surface area contributed by atoms with E-state index in [0.29, 0.717) is 12.3 Å². The molecule has 0 saturated heterocycles. The van der Waals surface area contributed by atoms with Gasteiger partial charge < -0.3 is 9.79 Å². The predicted octanol–water partition coefficient (Wildman–Crippen LogP) is 1.43. The molecule has 0 aliphatic carbocycles. The molecule has 0 bridgehead atoms. The molecule has 0 saturated carbocycles. The Kier molecular flexibility index (Phi) is 13.8. The first-order valence-corrected chi connectivity index (χ1v) is 8.29. The monoisotopic (exact) mass is 256 g/mol. The fraction of sp³-hybridized carbons (Fsp3) is 1.00. The Morgan fingerprint density at radius 3 is 1.00 bits per heavy atom. The molecule has 13 heavy (non-hydrogen) atoms. The zero-order valence-corrected chi connectivity index (χ0v) is 12.7. The van der Waals surface area contributed by atoms with Gasteiger partial charge in [-0.05, 0) is 0 Å². The Hall–Kier alpha value is 1.64. The smallest absolute Gasteiger partial charge is 0.197 e. The van der Waals surface area contributed by atoms with Crippen LogP contribution in [0.25, 0.3) is 0 Å². The SMILES string of the molecule is CCP(C)(=O)O.CCP(C)(=O)O.[Ca]. The fourth-order valence-corrected chi connectivity index (χ4v) is 0. The molecule has 0 aromatic heterocycles. The van der Waals surface area contributed by atoms with Crippen molar-refractivity contribution in [2.24, 2.45) is 0 Å². The zero-order chi connectivity index (χ0) is 10.4. The van der Waals surface area contributed by atoms with E-state index in [1.165, 1.54) is 13.3 Å². The van der Waals surface area contributed by atoms with Gasteiger partial charge in [-0.15, -0.1) is 0 Å². The van der Waals surface area contributed by atoms with Crippen LogP contribution in [-0.2, 0) is 9.13 Å². The molecule has 0 spiro atoms. The molecule has 0 aromatic rings. The summed E-state index contributed by atoms with van der Waals surface area (Å²) in [5, 5.41) is 0. The summed E-state index contributed by atoms with van der Waals surface area (Å²) in [6.07, 6.45) is 0.764. The van der Waals surface area contributed by atoms with Crippen LogP contribution in [0.15, 0.2) is 0 Å². The van der Waals surface area contributed by atoms with E-state index >= 15 is 0 Å². The largest absolute Gasteiger partial charge is 0.344 e. The maximum atomic E-state index is 10.1. The van der Waals surface area contributed by atoms with E-state index in [9.17, 15) is 9.13 Å². The van der Waals surface area contributed by atoms with Crippen molar-refractivity contribution in [2.45, 2.75) is 13.8 Å². The van der Waals surface area contributed by atoms with Crippen LogP contribution >= 0.6 is 14.7 Å². The van der Waals surface area contributed by atoms with Crippen LogP contribution in [0, 0.1) is 0 Å². The van der Waals surface area contributed by atoms with Crippen LogP contribution in [-0.4, -0.2) is 73.2 Å². The van der Waals surface area contributed by atoms with Crippen LogP contribution in [0.5, 0.6) is 0 Å². The molecule has 0 heterocycles. The van der Waals surface area contributed by atoms with E-state index in [-0.39, 0.29) is 37.7 Å². The molecule has 2 unspecified atom stereocenters. The van der Waals surface area contributed by atoms with Crippen molar-refractivity contribution in [1.29, 1.82) is 0 Å². The Morgan fingerprint density at radius 2 is 1.00 bits per heavy atom. The zero-order valence-electron chi connectivity index (χ0n) is 8.73. The minimum absolute atomic E-state index is 0. The van der Waals surface area contributed by atoms with Crippen LogP contribution in [0.4, 0.5) is 0 Å². The van der Waals surface area contributed by atoms with Gasteiger partial charge in [0.1, 0.15) is 0 Å². The molecular weight excluding hydrogens is 238 g/mol. The van der Waals surface area contributed by atoms with Gasteiger partial charge >= 0.3 is 0 Å². The van der Waals surface area contributed by atoms with Crippen molar-refractivity contribution in [3.63, 3.8) is 0 Å². The minimum Gasteiger partial charge on any atom is -0.344 e. The second-order valence-electron chi connectivity index (χ2n) is 2.73. The van der Waals surface area contributed by atoms with E-state index < -0.39 is 14.7 Å². The maximum absolute atomic E-state index is 10.1. The van der Waals surface area contributed by atoms with Crippen LogP contribution in [0.3, 0.4) is 0 Å². The van der Waals surface area contributed by atoms with Crippen molar-refractivity contribution >= 4 is 52.5 Å². The van der Waals surface area contributed by atoms with E-state index in [4.69, 9.17) is 9.79 Å². The van der Waals surface area contributed by atoms with Gasteiger partial charge in [0.15, 0.2) is 14.7 Å². The Morgan fingerprint density at radius 1 is 0.923 bits per heavy atom. The summed E-state index contributed by atoms with van der Waals surface area (Å²) in [6.45, 7) is 6.10. The third-order valence-corrected chi connectivity index (χ3v) is 3.52. The van der Waals surface area contributed by atoms with Crippen LogP contribution in [0.2, 0.25) is 0 Å². The van der Waals surface area contributed by atoms with E-state index in [1.54, 1.807) is 13.8 Å². The van der Waals surface area contributed by atoms with Gasteiger partial charge in [-0.1, -0.05) is 13.8 Å². The van der Waals surface area contributed by atoms with Crippen LogP contribution < -0.4 is 0 Å². The van der Waals surface area contributed by atoms with Crippen molar-refractivity contribution in [3.05, 3.63) is 0 Å². The summed E-state index contributed by atoms with van der Waals surface area (Å²) in [7, 11) is -5.29. The fourth-order valence-electron chi connectivity index (χ4n) is 0. The molecule has 7 heteroatoms. The van der Waals surface area contributed by atoms with Crippen molar-refractivity contribution < 1.29 is 18.9 Å². The Bertz CT molecular complexity index is 173. The average molecular weight is 256 g/mol. The van der Waals surface area contributed by atoms with E-state index in [2.05, 4.69) is 0 Å². The number of hydrogen-bond acceptors (Lipinski definition) is 2. The van der Waals surface area contributed by atoms with E-state index in [1.807, 2.05) is 0 Å². The summed E-state index contributed by atoms with van der Waals surface area (Å²) >= 11 is 0. The van der Waals surface area contributed by atoms with Crippen molar-refractivity contribution in [2.75, 3.05) is 25.7 Å². The summed E-state index contributed by atoms with van der Waals surface area (Å²) in [5.74, 6) is 0. The number of hydrogen-bond donors (Lipinski definition) is 2. The molecule has 0 aliphatic heterocycles. The third-order valence-electron chi connectivity index (χ3n) is 1.17. The summed E-state index contributed by atoms with van der Waals surface area (Å²) < 4.78 is 20.3. The molecule has 78 valence electrons. The molecule has 2 radical (unpaired) electrons. The van der Waals surface area contributed by atoms with Crippen LogP contribution in [0.1, 0.15) is 13.8 Å². The molecule has 2 N–H and O–H groups in total. The molecule has 0 rings (SSSR count). The van der Waals surface area contributed by atoms with Crippen molar-refractivity contribution in [1.82, 2.24) is 0 Å². The summed E-state index contributed by atoms with van der Waals surface area (Å²) in [4.78, 5) is 16.8. The first-order valence-electron chi connectivity index (χ1n) is 3.71. The molecule has 0 aromatic carbocycles. The van der Waals surface area contributed by atoms with Gasteiger partial charge in [0.05, 0.1) is 0 Å². The maximum Gasteiger partial charge on any atom is 0.197 e. The first-order chi connectivity index (χ1) is 5.12. The summed E-state index contributed by atoms with van der Waals surface area (Å²) in [5.41, 5.74) is 0. The van der Waals surface area contributed by atoms with Gasteiger partial charge in [-0.25, -0.2) is 0 Å². The minimum atomic E-state index is -2.65. The second-order valence-corrected chi connectivity index (χ2v) is 8.20. The predicted molar refractivity (Wildman–Crippen MR) is 58.3 cm³/mol. The molecule has 4 nitrogen and oxygen atoms in total. The molecule has 2 atom stereocenters. The topological polar surface area (TPSA) is 74.6 Å². The van der Waals surface area contributed by atoms with Gasteiger partial charge in [0.2, 0.25) is 0 Å². The van der Waals surface area contributed by atoms with Gasteiger partial charge in [0.25, 0.3) is 0 Å². The van der Waals surface area contributed by atoms with Gasteiger partial charge in [0, 0.05) is 63.4 Å².